The quantitative estimate of drug-likeness (QED) is 0.847. The van der Waals surface area contributed by atoms with Gasteiger partial charge in [0, 0.05) is 18.9 Å². The van der Waals surface area contributed by atoms with Crippen molar-refractivity contribution in [3.05, 3.63) is 23.8 Å². The highest BCUT2D eigenvalue weighted by atomic mass is 19.4. The maximum atomic E-state index is 11.9. The van der Waals surface area contributed by atoms with Crippen LogP contribution in [0.25, 0.3) is 0 Å². The fourth-order valence-corrected chi connectivity index (χ4v) is 1.90. The molecule has 0 saturated carbocycles. The van der Waals surface area contributed by atoms with E-state index in [4.69, 9.17) is 14.6 Å². The molecule has 1 aromatic rings. The Balaban J connectivity index is 1.87. The first-order valence-corrected chi connectivity index (χ1v) is 6.07. The molecule has 0 aliphatic carbocycles. The first-order chi connectivity index (χ1) is 9.35. The van der Waals surface area contributed by atoms with Crippen LogP contribution in [0.1, 0.15) is 18.4 Å². The van der Waals surface area contributed by atoms with E-state index >= 15 is 0 Å². The van der Waals surface area contributed by atoms with Gasteiger partial charge in [-0.1, -0.05) is 6.07 Å². The molecular formula is C13H13F3O4. The van der Waals surface area contributed by atoms with Crippen molar-refractivity contribution in [2.24, 2.45) is 0 Å². The summed E-state index contributed by atoms with van der Waals surface area (Å²) in [6, 6.07) is 4.77. The third-order valence-electron chi connectivity index (χ3n) is 2.86. The van der Waals surface area contributed by atoms with Gasteiger partial charge in [0.05, 0.1) is 6.61 Å². The summed E-state index contributed by atoms with van der Waals surface area (Å²) in [7, 11) is 0. The van der Waals surface area contributed by atoms with Crippen LogP contribution >= 0.6 is 0 Å². The number of alkyl halides is 3. The van der Waals surface area contributed by atoms with Crippen molar-refractivity contribution < 1.29 is 32.5 Å². The van der Waals surface area contributed by atoms with E-state index in [-0.39, 0.29) is 19.4 Å². The molecule has 110 valence electrons. The van der Waals surface area contributed by atoms with Crippen LogP contribution in [0, 0.1) is 0 Å². The summed E-state index contributed by atoms with van der Waals surface area (Å²) in [6.07, 6.45) is -5.84. The molecule has 1 aliphatic heterocycles. The summed E-state index contributed by atoms with van der Waals surface area (Å²) in [4.78, 5) is 10.8. The lowest BCUT2D eigenvalue weighted by Gasteiger charge is -2.09. The summed E-state index contributed by atoms with van der Waals surface area (Å²) in [5.74, 6) is -0.267. The molecule has 1 aliphatic rings. The molecule has 7 heteroatoms. The van der Waals surface area contributed by atoms with Gasteiger partial charge in [0.25, 0.3) is 0 Å². The second-order valence-electron chi connectivity index (χ2n) is 4.49. The number of ether oxygens (including phenoxy) is 2. The highest BCUT2D eigenvalue weighted by Crippen LogP contribution is 2.32. The van der Waals surface area contributed by atoms with E-state index in [1.807, 2.05) is 0 Å². The van der Waals surface area contributed by atoms with Gasteiger partial charge in [-0.25, -0.2) is 4.79 Å². The molecule has 2 rings (SSSR count). The van der Waals surface area contributed by atoms with Crippen LogP contribution < -0.4 is 9.47 Å². The number of carboxylic acids is 1. The zero-order valence-electron chi connectivity index (χ0n) is 10.4. The van der Waals surface area contributed by atoms with Crippen molar-refractivity contribution >= 4 is 5.97 Å². The molecule has 1 heterocycles. The number of benzene rings is 1. The number of rotatable bonds is 5. The molecule has 0 bridgehead atoms. The zero-order chi connectivity index (χ0) is 14.8. The minimum Gasteiger partial charge on any atom is -0.493 e. The largest absolute Gasteiger partial charge is 0.493 e. The normalized spacial score (nSPS) is 17.4. The van der Waals surface area contributed by atoms with Crippen molar-refractivity contribution in [1.29, 1.82) is 0 Å². The minimum absolute atomic E-state index is 0.0549. The number of hydrogen-bond acceptors (Lipinski definition) is 3. The molecule has 0 saturated heterocycles. The maximum Gasteiger partial charge on any atom is 0.389 e. The van der Waals surface area contributed by atoms with Crippen LogP contribution in [0.5, 0.6) is 11.5 Å². The third kappa shape index (κ3) is 3.79. The highest BCUT2D eigenvalue weighted by Gasteiger charge is 2.29. The second kappa shape index (κ2) is 5.60. The Morgan fingerprint density at radius 1 is 1.45 bits per heavy atom. The Morgan fingerprint density at radius 3 is 2.85 bits per heavy atom. The van der Waals surface area contributed by atoms with Crippen LogP contribution in [-0.2, 0) is 11.2 Å². The molecule has 0 amide bonds. The monoisotopic (exact) mass is 290 g/mol. The summed E-state index contributed by atoms with van der Waals surface area (Å²) < 4.78 is 46.3. The van der Waals surface area contributed by atoms with Crippen LogP contribution in [0.3, 0.4) is 0 Å². The SMILES string of the molecule is O=C(O)C1Cc2ccc(OCCCC(F)(F)F)cc2O1. The van der Waals surface area contributed by atoms with Gasteiger partial charge in [0.2, 0.25) is 0 Å². The second-order valence-corrected chi connectivity index (χ2v) is 4.49. The third-order valence-corrected chi connectivity index (χ3v) is 2.86. The van der Waals surface area contributed by atoms with Gasteiger partial charge in [-0.2, -0.15) is 13.2 Å². The number of hydrogen-bond donors (Lipinski definition) is 1. The molecule has 0 aromatic heterocycles. The van der Waals surface area contributed by atoms with Crippen molar-refractivity contribution in [3.8, 4) is 11.5 Å². The predicted octanol–water partition coefficient (Wildman–Crippen LogP) is 2.80. The van der Waals surface area contributed by atoms with E-state index in [2.05, 4.69) is 0 Å². The lowest BCUT2D eigenvalue weighted by Crippen LogP contribution is -2.24. The highest BCUT2D eigenvalue weighted by molar-refractivity contribution is 5.74. The first kappa shape index (κ1) is 14.5. The molecule has 0 fully saturated rings. The number of aliphatic carboxylic acids is 1. The molecule has 20 heavy (non-hydrogen) atoms. The number of carboxylic acid groups (broad SMARTS) is 1. The topological polar surface area (TPSA) is 55.8 Å². The fourth-order valence-electron chi connectivity index (χ4n) is 1.90. The van der Waals surface area contributed by atoms with Crippen molar-refractivity contribution in [2.45, 2.75) is 31.5 Å². The summed E-state index contributed by atoms with van der Waals surface area (Å²) in [6.45, 7) is -0.0549. The summed E-state index contributed by atoms with van der Waals surface area (Å²) in [5, 5.41) is 8.84. The Kier molecular flexibility index (Phi) is 4.06. The van der Waals surface area contributed by atoms with Gasteiger partial charge in [0.1, 0.15) is 11.5 Å². The maximum absolute atomic E-state index is 11.9. The van der Waals surface area contributed by atoms with Crippen molar-refractivity contribution in [2.75, 3.05) is 6.61 Å². The molecular weight excluding hydrogens is 277 g/mol. The molecule has 0 spiro atoms. The van der Waals surface area contributed by atoms with Crippen LogP contribution in [-0.4, -0.2) is 30.0 Å². The average molecular weight is 290 g/mol. The Bertz CT molecular complexity index is 499. The molecule has 0 radical (unpaired) electrons. The lowest BCUT2D eigenvalue weighted by molar-refractivity contribution is -0.144. The molecule has 1 N–H and O–H groups in total. The van der Waals surface area contributed by atoms with Gasteiger partial charge in [0.15, 0.2) is 6.10 Å². The van der Waals surface area contributed by atoms with Gasteiger partial charge in [-0.3, -0.25) is 0 Å². The van der Waals surface area contributed by atoms with E-state index in [0.717, 1.165) is 5.56 Å². The van der Waals surface area contributed by atoms with E-state index in [1.165, 1.54) is 6.07 Å². The first-order valence-electron chi connectivity index (χ1n) is 6.07. The van der Waals surface area contributed by atoms with Crippen molar-refractivity contribution in [3.63, 3.8) is 0 Å². The van der Waals surface area contributed by atoms with Gasteiger partial charge >= 0.3 is 12.1 Å². The predicted molar refractivity (Wildman–Crippen MR) is 63.0 cm³/mol. The van der Waals surface area contributed by atoms with Crippen LogP contribution in [0.15, 0.2) is 18.2 Å². The smallest absolute Gasteiger partial charge is 0.389 e. The Hall–Kier alpha value is -1.92. The molecule has 4 nitrogen and oxygen atoms in total. The standard InChI is InChI=1S/C13H13F3O4/c14-13(15,16)4-1-5-19-9-3-2-8-6-11(12(17)18)20-10(8)7-9/h2-3,7,11H,1,4-6H2,(H,17,18). The van der Waals surface area contributed by atoms with Gasteiger partial charge < -0.3 is 14.6 Å². The molecule has 1 aromatic carbocycles. The van der Waals surface area contributed by atoms with E-state index < -0.39 is 24.7 Å². The van der Waals surface area contributed by atoms with E-state index in [0.29, 0.717) is 11.5 Å². The molecule has 1 atom stereocenters. The van der Waals surface area contributed by atoms with Gasteiger partial charge in [-0.05, 0) is 18.1 Å². The number of carbonyl (C=O) groups is 1. The average Bonchev–Trinajstić information content (AvgIpc) is 2.76. The van der Waals surface area contributed by atoms with Crippen molar-refractivity contribution in [1.82, 2.24) is 0 Å². The summed E-state index contributed by atoms with van der Waals surface area (Å²) >= 11 is 0. The zero-order valence-corrected chi connectivity index (χ0v) is 10.4. The lowest BCUT2D eigenvalue weighted by atomic mass is 10.1. The summed E-state index contributed by atoms with van der Waals surface area (Å²) in [5.41, 5.74) is 0.750. The Morgan fingerprint density at radius 2 is 2.20 bits per heavy atom. The van der Waals surface area contributed by atoms with Crippen LogP contribution in [0.2, 0.25) is 0 Å². The van der Waals surface area contributed by atoms with Crippen LogP contribution in [0.4, 0.5) is 13.2 Å². The minimum atomic E-state index is -4.18. The fraction of sp³-hybridized carbons (Fsp3) is 0.462. The number of halogens is 3. The molecule has 1 unspecified atom stereocenters. The van der Waals surface area contributed by atoms with E-state index in [9.17, 15) is 18.0 Å². The number of fused-ring (bicyclic) bond motifs is 1. The Labute approximate surface area is 113 Å². The van der Waals surface area contributed by atoms with E-state index in [1.54, 1.807) is 12.1 Å². The van der Waals surface area contributed by atoms with Gasteiger partial charge in [-0.15, -0.1) is 0 Å².